The first kappa shape index (κ1) is 9.35. The Bertz CT molecular complexity index is 730. The van der Waals surface area contributed by atoms with Gasteiger partial charge in [0, 0.05) is 10.1 Å². The number of benzene rings is 1. The summed E-state index contributed by atoms with van der Waals surface area (Å²) in [7, 11) is 1.62. The molecule has 0 aliphatic rings. The number of fused-ring (bicyclic) bond motifs is 3. The van der Waals surface area contributed by atoms with Crippen LogP contribution in [0.3, 0.4) is 0 Å². The van der Waals surface area contributed by atoms with E-state index >= 15 is 0 Å². The van der Waals surface area contributed by atoms with Crippen LogP contribution >= 0.6 is 11.3 Å². The van der Waals surface area contributed by atoms with Gasteiger partial charge in [0.2, 0.25) is 0 Å². The molecule has 1 aromatic carbocycles. The van der Waals surface area contributed by atoms with E-state index < -0.39 is 0 Å². The van der Waals surface area contributed by atoms with Crippen molar-refractivity contribution in [1.29, 1.82) is 0 Å². The van der Waals surface area contributed by atoms with E-state index in [1.54, 1.807) is 7.11 Å². The van der Waals surface area contributed by atoms with Gasteiger partial charge in [-0.25, -0.2) is 4.98 Å². The van der Waals surface area contributed by atoms with Crippen molar-refractivity contribution in [3.05, 3.63) is 34.9 Å². The SMILES string of the molecule is COc1ccc2sc3c(=O)[nH]cnc3c2c1. The standard InChI is InChI=1S/C11H8N2O2S/c1-15-6-2-3-8-7(4-6)9-10(16-8)11(14)13-5-12-9/h2-5H,1H3,(H,12,13,14). The van der Waals surface area contributed by atoms with Crippen LogP contribution in [0, 0.1) is 0 Å². The van der Waals surface area contributed by atoms with Crippen LogP contribution in [-0.4, -0.2) is 17.1 Å². The van der Waals surface area contributed by atoms with Crippen LogP contribution < -0.4 is 10.3 Å². The molecule has 0 radical (unpaired) electrons. The Kier molecular flexibility index (Phi) is 1.94. The summed E-state index contributed by atoms with van der Waals surface area (Å²) in [5, 5.41) is 0.963. The molecule has 0 aliphatic heterocycles. The number of nitrogens with one attached hydrogen (secondary N) is 1. The highest BCUT2D eigenvalue weighted by Gasteiger charge is 2.09. The van der Waals surface area contributed by atoms with Crippen LogP contribution in [0.4, 0.5) is 0 Å². The molecule has 80 valence electrons. The maximum absolute atomic E-state index is 11.6. The monoisotopic (exact) mass is 232 g/mol. The first-order chi connectivity index (χ1) is 7.79. The van der Waals surface area contributed by atoms with Gasteiger partial charge in [-0.2, -0.15) is 0 Å². The van der Waals surface area contributed by atoms with Crippen LogP contribution in [0.2, 0.25) is 0 Å². The summed E-state index contributed by atoms with van der Waals surface area (Å²) >= 11 is 1.45. The molecule has 0 fully saturated rings. The van der Waals surface area contributed by atoms with Gasteiger partial charge in [0.25, 0.3) is 5.56 Å². The second-order valence-corrected chi connectivity index (χ2v) is 4.43. The molecule has 2 heterocycles. The van der Waals surface area contributed by atoms with E-state index in [9.17, 15) is 4.79 Å². The van der Waals surface area contributed by atoms with Crippen LogP contribution in [0.15, 0.2) is 29.3 Å². The fourth-order valence-corrected chi connectivity index (χ4v) is 2.73. The summed E-state index contributed by atoms with van der Waals surface area (Å²) in [6.45, 7) is 0. The van der Waals surface area contributed by atoms with Gasteiger partial charge >= 0.3 is 0 Å². The first-order valence-corrected chi connectivity index (χ1v) is 5.55. The maximum Gasteiger partial charge on any atom is 0.268 e. The van der Waals surface area contributed by atoms with E-state index in [4.69, 9.17) is 4.74 Å². The lowest BCUT2D eigenvalue weighted by Gasteiger charge is -1.98. The van der Waals surface area contributed by atoms with Crippen molar-refractivity contribution in [1.82, 2.24) is 9.97 Å². The van der Waals surface area contributed by atoms with E-state index in [1.165, 1.54) is 17.7 Å². The highest BCUT2D eigenvalue weighted by atomic mass is 32.1. The normalized spacial score (nSPS) is 11.1. The van der Waals surface area contributed by atoms with E-state index in [0.29, 0.717) is 4.70 Å². The predicted molar refractivity (Wildman–Crippen MR) is 64.3 cm³/mol. The van der Waals surface area contributed by atoms with Crippen molar-refractivity contribution in [2.75, 3.05) is 7.11 Å². The topological polar surface area (TPSA) is 55.0 Å². The largest absolute Gasteiger partial charge is 0.497 e. The molecule has 1 N–H and O–H groups in total. The molecule has 2 aromatic heterocycles. The lowest BCUT2D eigenvalue weighted by molar-refractivity contribution is 0.415. The number of rotatable bonds is 1. The minimum Gasteiger partial charge on any atom is -0.497 e. The van der Waals surface area contributed by atoms with Crippen LogP contribution in [0.5, 0.6) is 5.75 Å². The van der Waals surface area contributed by atoms with E-state index in [1.807, 2.05) is 18.2 Å². The van der Waals surface area contributed by atoms with Crippen LogP contribution in [-0.2, 0) is 0 Å². The fraction of sp³-hybridized carbons (Fsp3) is 0.0909. The summed E-state index contributed by atoms with van der Waals surface area (Å²) in [6.07, 6.45) is 1.43. The number of nitrogens with zero attached hydrogens (tertiary/aromatic N) is 1. The second-order valence-electron chi connectivity index (χ2n) is 3.37. The highest BCUT2D eigenvalue weighted by Crippen LogP contribution is 2.32. The van der Waals surface area contributed by atoms with Crippen molar-refractivity contribution < 1.29 is 4.74 Å². The Balaban J connectivity index is 2.52. The van der Waals surface area contributed by atoms with Gasteiger partial charge in [0.1, 0.15) is 10.4 Å². The summed E-state index contributed by atoms with van der Waals surface area (Å²) in [4.78, 5) is 18.4. The predicted octanol–water partition coefficient (Wildman–Crippen LogP) is 2.15. The highest BCUT2D eigenvalue weighted by molar-refractivity contribution is 7.25. The smallest absolute Gasteiger partial charge is 0.268 e. The number of methoxy groups -OCH3 is 1. The molecule has 5 heteroatoms. The van der Waals surface area contributed by atoms with Gasteiger partial charge in [-0.1, -0.05) is 0 Å². The molecule has 0 spiro atoms. The molecular formula is C11H8N2O2S. The van der Waals surface area contributed by atoms with Gasteiger partial charge in [0.15, 0.2) is 0 Å². The van der Waals surface area contributed by atoms with Crippen LogP contribution in [0.1, 0.15) is 0 Å². The summed E-state index contributed by atoms with van der Waals surface area (Å²) in [5.41, 5.74) is 0.646. The molecule has 4 nitrogen and oxygen atoms in total. The molecule has 3 aromatic rings. The van der Waals surface area contributed by atoms with E-state index in [0.717, 1.165) is 21.4 Å². The Hall–Kier alpha value is -1.88. The third-order valence-corrected chi connectivity index (χ3v) is 3.62. The molecule has 0 aliphatic carbocycles. The zero-order valence-corrected chi connectivity index (χ0v) is 9.30. The first-order valence-electron chi connectivity index (χ1n) is 4.73. The van der Waals surface area contributed by atoms with E-state index in [2.05, 4.69) is 9.97 Å². The molecule has 0 saturated heterocycles. The van der Waals surface area contributed by atoms with Gasteiger partial charge in [0.05, 0.1) is 19.0 Å². The second kappa shape index (κ2) is 3.31. The number of ether oxygens (including phenoxy) is 1. The molecule has 16 heavy (non-hydrogen) atoms. The summed E-state index contributed by atoms with van der Waals surface area (Å²) < 4.78 is 6.86. The zero-order valence-electron chi connectivity index (χ0n) is 8.48. The quantitative estimate of drug-likeness (QED) is 0.699. The van der Waals surface area contributed by atoms with Crippen molar-refractivity contribution in [2.45, 2.75) is 0 Å². The Morgan fingerprint density at radius 2 is 2.31 bits per heavy atom. The summed E-state index contributed by atoms with van der Waals surface area (Å²) in [5.74, 6) is 0.772. The number of hydrogen-bond donors (Lipinski definition) is 1. The van der Waals surface area contributed by atoms with Gasteiger partial charge in [-0.3, -0.25) is 4.79 Å². The number of aromatic amines is 1. The van der Waals surface area contributed by atoms with Crippen molar-refractivity contribution >= 4 is 31.6 Å². The molecule has 0 bridgehead atoms. The van der Waals surface area contributed by atoms with Gasteiger partial charge < -0.3 is 9.72 Å². The van der Waals surface area contributed by atoms with Crippen molar-refractivity contribution in [3.63, 3.8) is 0 Å². The average Bonchev–Trinajstić information content (AvgIpc) is 2.68. The molecule has 3 rings (SSSR count). The number of hydrogen-bond acceptors (Lipinski definition) is 4. The van der Waals surface area contributed by atoms with E-state index in [-0.39, 0.29) is 5.56 Å². The van der Waals surface area contributed by atoms with Gasteiger partial charge in [-0.05, 0) is 18.2 Å². The third kappa shape index (κ3) is 1.22. The minimum absolute atomic E-state index is 0.0924. The lowest BCUT2D eigenvalue weighted by Crippen LogP contribution is -2.03. The van der Waals surface area contributed by atoms with Gasteiger partial charge in [-0.15, -0.1) is 11.3 Å². The molecule has 0 saturated carbocycles. The Morgan fingerprint density at radius 3 is 3.12 bits per heavy atom. The Labute approximate surface area is 94.5 Å². The maximum atomic E-state index is 11.6. The van der Waals surface area contributed by atoms with Crippen molar-refractivity contribution in [3.8, 4) is 5.75 Å². The minimum atomic E-state index is -0.0924. The molecule has 0 atom stereocenters. The Morgan fingerprint density at radius 1 is 1.44 bits per heavy atom. The molecular weight excluding hydrogens is 224 g/mol. The number of thiophene rings is 1. The lowest BCUT2D eigenvalue weighted by atomic mass is 10.2. The number of aromatic nitrogens is 2. The molecule has 0 unspecified atom stereocenters. The van der Waals surface area contributed by atoms with Crippen LogP contribution in [0.25, 0.3) is 20.3 Å². The molecule has 0 amide bonds. The average molecular weight is 232 g/mol. The number of H-pyrrole nitrogens is 1. The summed E-state index contributed by atoms with van der Waals surface area (Å²) in [6, 6.07) is 5.73. The fourth-order valence-electron chi connectivity index (χ4n) is 1.69. The van der Waals surface area contributed by atoms with Crippen molar-refractivity contribution in [2.24, 2.45) is 0 Å². The zero-order chi connectivity index (χ0) is 11.1. The third-order valence-electron chi connectivity index (χ3n) is 2.46.